The summed E-state index contributed by atoms with van der Waals surface area (Å²) in [6.45, 7) is 4.05. The molecule has 20 heavy (non-hydrogen) atoms. The molecule has 1 aromatic carbocycles. The van der Waals surface area contributed by atoms with E-state index in [1.165, 1.54) is 0 Å². The molecule has 1 N–H and O–H groups in total. The topological polar surface area (TPSA) is 39.1 Å². The van der Waals surface area contributed by atoms with Gasteiger partial charge in [-0.15, -0.1) is 0 Å². The molecule has 0 saturated carbocycles. The number of hydrogen-bond donors (Lipinski definition) is 1. The standard InChI is InChI=1S/C14H17Cl2N3O/c1-10-14(16)9-19(18-10)12-4-3-11(13(15)7-12)8-17-5-6-20-2/h3-4,7,9,17H,5-6,8H2,1-2H3. The highest BCUT2D eigenvalue weighted by molar-refractivity contribution is 6.31. The number of aryl methyl sites for hydroxylation is 1. The van der Waals surface area contributed by atoms with Crippen LogP contribution in [0.1, 0.15) is 11.3 Å². The van der Waals surface area contributed by atoms with Crippen molar-refractivity contribution >= 4 is 23.2 Å². The lowest BCUT2D eigenvalue weighted by Gasteiger charge is -2.08. The maximum absolute atomic E-state index is 6.29. The Balaban J connectivity index is 2.09. The zero-order chi connectivity index (χ0) is 14.5. The van der Waals surface area contributed by atoms with Crippen molar-refractivity contribution in [2.45, 2.75) is 13.5 Å². The number of benzene rings is 1. The third-order valence-electron chi connectivity index (χ3n) is 2.94. The lowest BCUT2D eigenvalue weighted by molar-refractivity contribution is 0.199. The van der Waals surface area contributed by atoms with E-state index in [1.807, 2.05) is 25.1 Å². The molecule has 2 rings (SSSR count). The van der Waals surface area contributed by atoms with Crippen molar-refractivity contribution < 1.29 is 4.74 Å². The third kappa shape index (κ3) is 3.73. The van der Waals surface area contributed by atoms with E-state index in [1.54, 1.807) is 18.0 Å². The summed E-state index contributed by atoms with van der Waals surface area (Å²) in [4.78, 5) is 0. The smallest absolute Gasteiger partial charge is 0.0819 e. The second-order valence-corrected chi connectivity index (χ2v) is 5.27. The predicted molar refractivity (Wildman–Crippen MR) is 81.9 cm³/mol. The fourth-order valence-electron chi connectivity index (χ4n) is 1.79. The minimum atomic E-state index is 0.645. The zero-order valence-electron chi connectivity index (χ0n) is 11.5. The monoisotopic (exact) mass is 313 g/mol. The predicted octanol–water partition coefficient (Wildman–Crippen LogP) is 3.22. The summed E-state index contributed by atoms with van der Waals surface area (Å²) in [5, 5.41) is 8.94. The molecule has 6 heteroatoms. The Morgan fingerprint density at radius 3 is 2.70 bits per heavy atom. The Morgan fingerprint density at radius 1 is 1.30 bits per heavy atom. The van der Waals surface area contributed by atoms with Crippen LogP contribution in [-0.2, 0) is 11.3 Å². The van der Waals surface area contributed by atoms with E-state index >= 15 is 0 Å². The Morgan fingerprint density at radius 2 is 2.10 bits per heavy atom. The molecule has 0 fully saturated rings. The molecule has 0 amide bonds. The number of nitrogens with one attached hydrogen (secondary N) is 1. The van der Waals surface area contributed by atoms with Crippen molar-refractivity contribution in [1.29, 1.82) is 0 Å². The molecule has 0 radical (unpaired) electrons. The van der Waals surface area contributed by atoms with E-state index in [0.717, 1.165) is 23.5 Å². The van der Waals surface area contributed by atoms with Crippen molar-refractivity contribution in [3.63, 3.8) is 0 Å². The quantitative estimate of drug-likeness (QED) is 0.832. The Kier molecular flexibility index (Phi) is 5.43. The first-order valence-electron chi connectivity index (χ1n) is 6.32. The first-order chi connectivity index (χ1) is 9.61. The molecule has 108 valence electrons. The van der Waals surface area contributed by atoms with Crippen LogP contribution in [0.5, 0.6) is 0 Å². The van der Waals surface area contributed by atoms with E-state index in [2.05, 4.69) is 10.4 Å². The highest BCUT2D eigenvalue weighted by Crippen LogP contribution is 2.22. The van der Waals surface area contributed by atoms with E-state index < -0.39 is 0 Å². The summed E-state index contributed by atoms with van der Waals surface area (Å²) in [5.74, 6) is 0. The molecule has 0 atom stereocenters. The minimum absolute atomic E-state index is 0.645. The number of halogens is 2. The third-order valence-corrected chi connectivity index (χ3v) is 3.66. The molecule has 0 unspecified atom stereocenters. The summed E-state index contributed by atoms with van der Waals surface area (Å²) >= 11 is 12.3. The summed E-state index contributed by atoms with van der Waals surface area (Å²) in [7, 11) is 1.68. The van der Waals surface area contributed by atoms with E-state index in [0.29, 0.717) is 23.2 Å². The lowest BCUT2D eigenvalue weighted by atomic mass is 10.2. The summed E-state index contributed by atoms with van der Waals surface area (Å²) in [6.07, 6.45) is 1.78. The number of nitrogens with zero attached hydrogens (tertiary/aromatic N) is 2. The number of aromatic nitrogens is 2. The van der Waals surface area contributed by atoms with Crippen molar-refractivity contribution in [3.8, 4) is 5.69 Å². The van der Waals surface area contributed by atoms with Crippen molar-refractivity contribution in [2.75, 3.05) is 20.3 Å². The van der Waals surface area contributed by atoms with Crippen LogP contribution < -0.4 is 5.32 Å². The van der Waals surface area contributed by atoms with Crippen LogP contribution in [0.3, 0.4) is 0 Å². The maximum Gasteiger partial charge on any atom is 0.0819 e. The second-order valence-electron chi connectivity index (χ2n) is 4.45. The summed E-state index contributed by atoms with van der Waals surface area (Å²) < 4.78 is 6.71. The van der Waals surface area contributed by atoms with E-state index in [-0.39, 0.29) is 0 Å². The minimum Gasteiger partial charge on any atom is -0.383 e. The van der Waals surface area contributed by atoms with Gasteiger partial charge in [0.1, 0.15) is 0 Å². The molecule has 0 spiro atoms. The van der Waals surface area contributed by atoms with Gasteiger partial charge in [-0.25, -0.2) is 4.68 Å². The highest BCUT2D eigenvalue weighted by atomic mass is 35.5. The van der Waals surface area contributed by atoms with Crippen LogP contribution in [0.2, 0.25) is 10.0 Å². The van der Waals surface area contributed by atoms with Gasteiger partial charge in [0.2, 0.25) is 0 Å². The average Bonchev–Trinajstić information content (AvgIpc) is 2.76. The van der Waals surface area contributed by atoms with Crippen LogP contribution in [0, 0.1) is 6.92 Å². The van der Waals surface area contributed by atoms with Gasteiger partial charge in [-0.3, -0.25) is 0 Å². The molecule has 2 aromatic rings. The van der Waals surface area contributed by atoms with Crippen LogP contribution in [0.25, 0.3) is 5.69 Å². The normalized spacial score (nSPS) is 11.0. The van der Waals surface area contributed by atoms with Gasteiger partial charge in [0, 0.05) is 31.4 Å². The van der Waals surface area contributed by atoms with Crippen LogP contribution >= 0.6 is 23.2 Å². The van der Waals surface area contributed by atoms with Crippen molar-refractivity contribution in [1.82, 2.24) is 15.1 Å². The molecule has 0 aliphatic carbocycles. The maximum atomic E-state index is 6.29. The fourth-order valence-corrected chi connectivity index (χ4v) is 2.16. The SMILES string of the molecule is COCCNCc1ccc(-n2cc(Cl)c(C)n2)cc1Cl. The van der Waals surface area contributed by atoms with Gasteiger partial charge in [0.05, 0.1) is 23.0 Å². The number of hydrogen-bond acceptors (Lipinski definition) is 3. The molecule has 1 aromatic heterocycles. The molecule has 1 heterocycles. The first kappa shape index (κ1) is 15.3. The molecule has 4 nitrogen and oxygen atoms in total. The lowest BCUT2D eigenvalue weighted by Crippen LogP contribution is -2.18. The van der Waals surface area contributed by atoms with Crippen LogP contribution in [0.15, 0.2) is 24.4 Å². The Bertz CT molecular complexity index is 564. The van der Waals surface area contributed by atoms with Gasteiger partial charge in [-0.2, -0.15) is 5.10 Å². The van der Waals surface area contributed by atoms with E-state index in [4.69, 9.17) is 27.9 Å². The number of ether oxygens (including phenoxy) is 1. The number of rotatable bonds is 6. The fraction of sp³-hybridized carbons (Fsp3) is 0.357. The molecular weight excluding hydrogens is 297 g/mol. The van der Waals surface area contributed by atoms with Crippen LogP contribution in [-0.4, -0.2) is 30.0 Å². The molecule has 0 bridgehead atoms. The van der Waals surface area contributed by atoms with E-state index in [9.17, 15) is 0 Å². The molecule has 0 saturated heterocycles. The van der Waals surface area contributed by atoms with Gasteiger partial charge >= 0.3 is 0 Å². The van der Waals surface area contributed by atoms with Crippen molar-refractivity contribution in [3.05, 3.63) is 45.7 Å². The summed E-state index contributed by atoms with van der Waals surface area (Å²) in [6, 6.07) is 5.85. The highest BCUT2D eigenvalue weighted by Gasteiger charge is 2.07. The van der Waals surface area contributed by atoms with Gasteiger partial charge in [0.15, 0.2) is 0 Å². The summed E-state index contributed by atoms with van der Waals surface area (Å²) in [5.41, 5.74) is 2.74. The van der Waals surface area contributed by atoms with Gasteiger partial charge < -0.3 is 10.1 Å². The number of methoxy groups -OCH3 is 1. The molecule has 0 aliphatic heterocycles. The Labute approximate surface area is 128 Å². The van der Waals surface area contributed by atoms with Gasteiger partial charge in [-0.1, -0.05) is 29.3 Å². The zero-order valence-corrected chi connectivity index (χ0v) is 13.0. The molecular formula is C14H17Cl2N3O. The van der Waals surface area contributed by atoms with Gasteiger partial charge in [-0.05, 0) is 24.6 Å². The van der Waals surface area contributed by atoms with Gasteiger partial charge in [0.25, 0.3) is 0 Å². The first-order valence-corrected chi connectivity index (χ1v) is 7.07. The second kappa shape index (κ2) is 7.09. The average molecular weight is 314 g/mol. The van der Waals surface area contributed by atoms with Crippen molar-refractivity contribution in [2.24, 2.45) is 0 Å². The van der Waals surface area contributed by atoms with Crippen LogP contribution in [0.4, 0.5) is 0 Å². The molecule has 0 aliphatic rings. The Hall–Kier alpha value is -1.07. The largest absolute Gasteiger partial charge is 0.383 e.